The summed E-state index contributed by atoms with van der Waals surface area (Å²) >= 11 is 1.64. The summed E-state index contributed by atoms with van der Waals surface area (Å²) in [6, 6.07) is 14.1. The Labute approximate surface area is 140 Å². The Bertz CT molecular complexity index is 631. The van der Waals surface area contributed by atoms with E-state index < -0.39 is 5.82 Å². The van der Waals surface area contributed by atoms with Gasteiger partial charge in [-0.2, -0.15) is 11.8 Å². The molecule has 0 aliphatic carbocycles. The Morgan fingerprint density at radius 2 is 1.87 bits per heavy atom. The van der Waals surface area contributed by atoms with Gasteiger partial charge in [0, 0.05) is 17.9 Å². The van der Waals surface area contributed by atoms with Crippen molar-refractivity contribution in [1.29, 1.82) is 0 Å². The highest BCUT2D eigenvalue weighted by Crippen LogP contribution is 2.14. The Balaban J connectivity index is 1.57. The van der Waals surface area contributed by atoms with Crippen LogP contribution in [0.25, 0.3) is 0 Å². The second kappa shape index (κ2) is 9.20. The molecule has 0 fully saturated rings. The summed E-state index contributed by atoms with van der Waals surface area (Å²) in [5, 5.41) is 2.57. The van der Waals surface area contributed by atoms with Gasteiger partial charge in [0.25, 0.3) is 0 Å². The number of thioether (sulfide) groups is 1. The highest BCUT2D eigenvalue weighted by atomic mass is 32.2. The normalized spacial score (nSPS) is 10.3. The molecular formula is C18H20FNO2S. The summed E-state index contributed by atoms with van der Waals surface area (Å²) in [5.74, 6) is 1.74. The van der Waals surface area contributed by atoms with Crippen molar-refractivity contribution < 1.29 is 13.9 Å². The lowest BCUT2D eigenvalue weighted by molar-refractivity contribution is -0.115. The van der Waals surface area contributed by atoms with Crippen LogP contribution in [0.15, 0.2) is 48.5 Å². The van der Waals surface area contributed by atoms with Gasteiger partial charge in [-0.3, -0.25) is 4.79 Å². The number of aryl methyl sites for hydroxylation is 1. The van der Waals surface area contributed by atoms with Crippen LogP contribution in [0.3, 0.4) is 0 Å². The number of halogens is 1. The summed E-state index contributed by atoms with van der Waals surface area (Å²) in [4.78, 5) is 11.7. The van der Waals surface area contributed by atoms with E-state index in [9.17, 15) is 9.18 Å². The highest BCUT2D eigenvalue weighted by Gasteiger charge is 2.05. The quantitative estimate of drug-likeness (QED) is 0.733. The molecule has 0 atom stereocenters. The number of ether oxygens (including phenoxy) is 1. The van der Waals surface area contributed by atoms with Gasteiger partial charge in [-0.25, -0.2) is 4.39 Å². The van der Waals surface area contributed by atoms with Crippen molar-refractivity contribution in [2.45, 2.75) is 13.3 Å². The molecule has 0 saturated carbocycles. The minimum Gasteiger partial charge on any atom is -0.493 e. The zero-order chi connectivity index (χ0) is 16.5. The molecule has 0 aliphatic heterocycles. The number of hydrogen-bond donors (Lipinski definition) is 1. The molecule has 122 valence electrons. The topological polar surface area (TPSA) is 38.3 Å². The van der Waals surface area contributed by atoms with Crippen molar-refractivity contribution in [3.63, 3.8) is 0 Å². The maximum Gasteiger partial charge on any atom is 0.225 e. The van der Waals surface area contributed by atoms with Crippen molar-refractivity contribution in [3.05, 3.63) is 59.9 Å². The zero-order valence-corrected chi connectivity index (χ0v) is 13.9. The van der Waals surface area contributed by atoms with Gasteiger partial charge >= 0.3 is 0 Å². The van der Waals surface area contributed by atoms with E-state index in [4.69, 9.17) is 4.74 Å². The molecule has 5 heteroatoms. The van der Waals surface area contributed by atoms with E-state index >= 15 is 0 Å². The minimum absolute atomic E-state index is 0.179. The number of anilines is 1. The summed E-state index contributed by atoms with van der Waals surface area (Å²) in [6.45, 7) is 2.63. The second-order valence-electron chi connectivity index (χ2n) is 5.05. The van der Waals surface area contributed by atoms with E-state index in [0.717, 1.165) is 11.5 Å². The molecule has 0 heterocycles. The lowest BCUT2D eigenvalue weighted by atomic mass is 10.2. The van der Waals surface area contributed by atoms with Gasteiger partial charge in [-0.15, -0.1) is 0 Å². The molecule has 2 rings (SSSR count). The number of amides is 1. The van der Waals surface area contributed by atoms with Gasteiger partial charge in [0.1, 0.15) is 11.6 Å². The largest absolute Gasteiger partial charge is 0.493 e. The first-order chi connectivity index (χ1) is 11.1. The summed E-state index contributed by atoms with van der Waals surface area (Å²) in [7, 11) is 0. The van der Waals surface area contributed by atoms with Crippen LogP contribution in [0.4, 0.5) is 10.1 Å². The average Bonchev–Trinajstić information content (AvgIpc) is 2.54. The summed E-state index contributed by atoms with van der Waals surface area (Å²) in [6.07, 6.45) is 0.351. The second-order valence-corrected chi connectivity index (χ2v) is 6.28. The Hall–Kier alpha value is -2.01. The van der Waals surface area contributed by atoms with Crippen LogP contribution in [0.2, 0.25) is 0 Å². The number of para-hydroxylation sites is 1. The summed E-state index contributed by atoms with van der Waals surface area (Å²) in [5.41, 5.74) is 1.43. The van der Waals surface area contributed by atoms with Crippen LogP contribution in [0.5, 0.6) is 5.75 Å². The number of carbonyl (C=O) groups excluding carboxylic acids is 1. The SMILES string of the molecule is Cc1ccc(OCCSCCC(=O)Nc2ccccc2F)cc1. The average molecular weight is 333 g/mol. The van der Waals surface area contributed by atoms with Crippen molar-refractivity contribution in [2.24, 2.45) is 0 Å². The maximum atomic E-state index is 13.4. The Morgan fingerprint density at radius 3 is 2.61 bits per heavy atom. The summed E-state index contributed by atoms with van der Waals surface area (Å²) < 4.78 is 19.0. The van der Waals surface area contributed by atoms with Crippen LogP contribution in [-0.4, -0.2) is 24.0 Å². The Kier molecular flexibility index (Phi) is 6.94. The molecule has 1 N–H and O–H groups in total. The number of nitrogens with one attached hydrogen (secondary N) is 1. The van der Waals surface area contributed by atoms with Gasteiger partial charge in [0.15, 0.2) is 0 Å². The van der Waals surface area contributed by atoms with E-state index in [1.54, 1.807) is 30.0 Å². The predicted molar refractivity (Wildman–Crippen MR) is 93.6 cm³/mol. The first-order valence-electron chi connectivity index (χ1n) is 7.47. The van der Waals surface area contributed by atoms with Crippen LogP contribution in [-0.2, 0) is 4.79 Å². The standard InChI is InChI=1S/C18H20FNO2S/c1-14-6-8-15(9-7-14)22-11-13-23-12-10-18(21)20-17-5-3-2-4-16(17)19/h2-9H,10-13H2,1H3,(H,20,21). The molecular weight excluding hydrogens is 313 g/mol. The third-order valence-electron chi connectivity index (χ3n) is 3.14. The van der Waals surface area contributed by atoms with E-state index in [0.29, 0.717) is 18.8 Å². The molecule has 2 aromatic rings. The molecule has 0 aliphatic rings. The van der Waals surface area contributed by atoms with Crippen molar-refractivity contribution in [3.8, 4) is 5.75 Å². The Morgan fingerprint density at radius 1 is 1.13 bits per heavy atom. The van der Waals surface area contributed by atoms with E-state index in [1.165, 1.54) is 11.6 Å². The zero-order valence-electron chi connectivity index (χ0n) is 13.0. The third kappa shape index (κ3) is 6.32. The molecule has 0 unspecified atom stereocenters. The van der Waals surface area contributed by atoms with Crippen LogP contribution >= 0.6 is 11.8 Å². The lowest BCUT2D eigenvalue weighted by Crippen LogP contribution is -2.13. The van der Waals surface area contributed by atoms with E-state index in [2.05, 4.69) is 5.32 Å². The van der Waals surface area contributed by atoms with Crippen molar-refractivity contribution in [2.75, 3.05) is 23.4 Å². The number of benzene rings is 2. The van der Waals surface area contributed by atoms with E-state index in [-0.39, 0.29) is 11.6 Å². The molecule has 0 radical (unpaired) electrons. The van der Waals surface area contributed by atoms with Gasteiger partial charge in [0.05, 0.1) is 12.3 Å². The maximum absolute atomic E-state index is 13.4. The first-order valence-corrected chi connectivity index (χ1v) is 8.62. The van der Waals surface area contributed by atoms with Gasteiger partial charge in [0.2, 0.25) is 5.91 Å². The molecule has 3 nitrogen and oxygen atoms in total. The van der Waals surface area contributed by atoms with Gasteiger partial charge in [-0.05, 0) is 31.2 Å². The minimum atomic E-state index is -0.417. The lowest BCUT2D eigenvalue weighted by Gasteiger charge is -2.07. The smallest absolute Gasteiger partial charge is 0.225 e. The molecule has 23 heavy (non-hydrogen) atoms. The highest BCUT2D eigenvalue weighted by molar-refractivity contribution is 7.99. The molecule has 0 aromatic heterocycles. The first kappa shape index (κ1) is 17.3. The number of hydrogen-bond acceptors (Lipinski definition) is 3. The van der Waals surface area contributed by atoms with Gasteiger partial charge in [-0.1, -0.05) is 29.8 Å². The molecule has 1 amide bonds. The molecule has 0 bridgehead atoms. The van der Waals surface area contributed by atoms with E-state index in [1.807, 2.05) is 31.2 Å². The fourth-order valence-corrected chi connectivity index (χ4v) is 2.63. The van der Waals surface area contributed by atoms with Crippen molar-refractivity contribution in [1.82, 2.24) is 0 Å². The fourth-order valence-electron chi connectivity index (χ4n) is 1.90. The van der Waals surface area contributed by atoms with Gasteiger partial charge < -0.3 is 10.1 Å². The number of carbonyl (C=O) groups is 1. The monoisotopic (exact) mass is 333 g/mol. The van der Waals surface area contributed by atoms with Crippen LogP contribution < -0.4 is 10.1 Å². The third-order valence-corrected chi connectivity index (χ3v) is 4.09. The van der Waals surface area contributed by atoms with Crippen LogP contribution in [0.1, 0.15) is 12.0 Å². The molecule has 0 spiro atoms. The molecule has 0 saturated heterocycles. The van der Waals surface area contributed by atoms with Crippen LogP contribution in [0, 0.1) is 12.7 Å². The fraction of sp³-hybridized carbons (Fsp3) is 0.278. The number of rotatable bonds is 8. The molecule has 2 aromatic carbocycles. The van der Waals surface area contributed by atoms with Crippen molar-refractivity contribution >= 4 is 23.4 Å². The predicted octanol–water partition coefficient (Wildman–Crippen LogP) is 4.27.